The molecule has 2 aromatic rings. The van der Waals surface area contributed by atoms with Crippen LogP contribution >= 0.6 is 0 Å². The minimum atomic E-state index is -1.01. The summed E-state index contributed by atoms with van der Waals surface area (Å²) in [7, 11) is 1.50. The highest BCUT2D eigenvalue weighted by Gasteiger charge is 2.21. The van der Waals surface area contributed by atoms with E-state index in [0.29, 0.717) is 17.0 Å². The maximum Gasteiger partial charge on any atom is 0.319 e. The zero-order valence-corrected chi connectivity index (χ0v) is 17.0. The summed E-state index contributed by atoms with van der Waals surface area (Å²) in [5.74, 6) is 4.22. The van der Waals surface area contributed by atoms with Crippen LogP contribution < -0.4 is 26.5 Å². The number of carbonyl (C=O) groups excluding carboxylic acids is 2. The van der Waals surface area contributed by atoms with Crippen LogP contribution in [-0.4, -0.2) is 42.9 Å². The van der Waals surface area contributed by atoms with Gasteiger partial charge in [0.25, 0.3) is 0 Å². The topological polar surface area (TPSA) is 155 Å². The lowest BCUT2D eigenvalue weighted by atomic mass is 10.0. The van der Waals surface area contributed by atoms with E-state index in [2.05, 4.69) is 21.1 Å². The van der Waals surface area contributed by atoms with Crippen molar-refractivity contribution in [2.75, 3.05) is 19.0 Å². The van der Waals surface area contributed by atoms with Crippen LogP contribution in [0.4, 0.5) is 10.5 Å². The minimum absolute atomic E-state index is 0.00252. The molecule has 6 N–H and O–H groups in total. The zero-order chi connectivity index (χ0) is 22.6. The number of amides is 3. The third-order valence-corrected chi connectivity index (χ3v) is 4.26. The van der Waals surface area contributed by atoms with Gasteiger partial charge in [-0.3, -0.25) is 9.59 Å². The van der Waals surface area contributed by atoms with Crippen LogP contribution in [0.2, 0.25) is 0 Å². The van der Waals surface area contributed by atoms with Crippen molar-refractivity contribution < 1.29 is 24.2 Å². The molecule has 0 radical (unpaired) electrons. The Kier molecular flexibility index (Phi) is 8.84. The van der Waals surface area contributed by atoms with Crippen molar-refractivity contribution in [3.05, 3.63) is 59.7 Å². The summed E-state index contributed by atoms with van der Waals surface area (Å²) in [4.78, 5) is 35.5. The molecule has 2 rings (SSSR count). The number of hydrazone groups is 1. The second kappa shape index (κ2) is 11.8. The molecule has 0 aliphatic carbocycles. The van der Waals surface area contributed by atoms with E-state index < -0.39 is 23.9 Å². The fourth-order valence-corrected chi connectivity index (χ4v) is 2.82. The summed E-state index contributed by atoms with van der Waals surface area (Å²) < 4.78 is 5.35. The van der Waals surface area contributed by atoms with Gasteiger partial charge in [0.2, 0.25) is 5.91 Å². The Bertz CT molecular complexity index is 930. The van der Waals surface area contributed by atoms with Gasteiger partial charge in [-0.1, -0.05) is 30.3 Å². The summed E-state index contributed by atoms with van der Waals surface area (Å²) in [5, 5.41) is 20.2. The number of hydrogen-bond acceptors (Lipinski definition) is 6. The van der Waals surface area contributed by atoms with Gasteiger partial charge in [0.15, 0.2) is 0 Å². The average Bonchev–Trinajstić information content (AvgIpc) is 2.74. The molecule has 0 aliphatic rings. The van der Waals surface area contributed by atoms with Gasteiger partial charge < -0.3 is 31.6 Å². The second-order valence-electron chi connectivity index (χ2n) is 6.49. The van der Waals surface area contributed by atoms with Gasteiger partial charge in [-0.2, -0.15) is 5.10 Å². The number of rotatable bonds is 10. The number of aliphatic carboxylic acids is 1. The van der Waals surface area contributed by atoms with Crippen molar-refractivity contribution in [1.29, 1.82) is 0 Å². The van der Waals surface area contributed by atoms with Gasteiger partial charge in [0.05, 0.1) is 32.2 Å². The van der Waals surface area contributed by atoms with Crippen LogP contribution in [0, 0.1) is 0 Å². The first kappa shape index (κ1) is 23.2. The highest BCUT2D eigenvalue weighted by molar-refractivity contribution is 5.91. The number of methoxy groups -OCH3 is 1. The van der Waals surface area contributed by atoms with E-state index in [1.165, 1.54) is 13.3 Å². The number of carboxylic acid groups (broad SMARTS) is 1. The average molecular weight is 427 g/mol. The Morgan fingerprint density at radius 2 is 1.87 bits per heavy atom. The van der Waals surface area contributed by atoms with Crippen LogP contribution in [0.5, 0.6) is 5.75 Å². The number of carbonyl (C=O) groups is 3. The molecule has 2 aromatic carbocycles. The first-order valence-corrected chi connectivity index (χ1v) is 9.45. The number of benzene rings is 2. The number of para-hydroxylation sites is 1. The first-order chi connectivity index (χ1) is 14.9. The van der Waals surface area contributed by atoms with Crippen LogP contribution in [0.25, 0.3) is 0 Å². The molecule has 1 unspecified atom stereocenters. The van der Waals surface area contributed by atoms with E-state index in [-0.39, 0.29) is 19.4 Å². The molecule has 0 saturated carbocycles. The molecule has 164 valence electrons. The van der Waals surface area contributed by atoms with Crippen molar-refractivity contribution in [2.24, 2.45) is 10.9 Å². The van der Waals surface area contributed by atoms with Gasteiger partial charge in [0.1, 0.15) is 5.75 Å². The fraction of sp³-hybridized carbons (Fsp3) is 0.238. The van der Waals surface area contributed by atoms with E-state index in [0.717, 1.165) is 5.56 Å². The highest BCUT2D eigenvalue weighted by Crippen LogP contribution is 2.27. The number of nitrogens with one attached hydrogen (secondary N) is 3. The van der Waals surface area contributed by atoms with E-state index >= 15 is 0 Å². The van der Waals surface area contributed by atoms with Gasteiger partial charge >= 0.3 is 12.0 Å². The lowest BCUT2D eigenvalue weighted by Gasteiger charge is -2.21. The zero-order valence-electron chi connectivity index (χ0n) is 17.0. The van der Waals surface area contributed by atoms with Crippen molar-refractivity contribution in [3.8, 4) is 5.75 Å². The SMILES string of the molecule is COc1ccccc1C(CC(=O)NCCC(=O)O)NC(=O)Nc1ccc(C=NN)cc1. The Balaban J connectivity index is 2.10. The summed E-state index contributed by atoms with van der Waals surface area (Å²) in [6.07, 6.45) is 1.19. The Morgan fingerprint density at radius 3 is 2.52 bits per heavy atom. The van der Waals surface area contributed by atoms with E-state index in [1.54, 1.807) is 48.5 Å². The lowest BCUT2D eigenvalue weighted by molar-refractivity contribution is -0.136. The summed E-state index contributed by atoms with van der Waals surface area (Å²) in [6, 6.07) is 12.6. The maximum atomic E-state index is 12.6. The molecule has 0 aromatic heterocycles. The van der Waals surface area contributed by atoms with Gasteiger partial charge in [-0.05, 0) is 23.8 Å². The van der Waals surface area contributed by atoms with Crippen molar-refractivity contribution in [1.82, 2.24) is 10.6 Å². The molecule has 0 spiro atoms. The number of carboxylic acids is 1. The quantitative estimate of drug-likeness (QED) is 0.221. The number of urea groups is 1. The molecule has 10 heteroatoms. The number of nitrogens with two attached hydrogens (primary N) is 1. The second-order valence-corrected chi connectivity index (χ2v) is 6.49. The number of nitrogens with zero attached hydrogens (tertiary/aromatic N) is 1. The van der Waals surface area contributed by atoms with Crippen molar-refractivity contribution >= 4 is 29.8 Å². The molecular formula is C21H25N5O5. The molecule has 3 amide bonds. The molecule has 0 aliphatic heterocycles. The number of hydrogen-bond donors (Lipinski definition) is 5. The molecule has 0 saturated heterocycles. The maximum absolute atomic E-state index is 12.6. The van der Waals surface area contributed by atoms with Crippen LogP contribution in [-0.2, 0) is 9.59 Å². The Hall–Kier alpha value is -4.08. The Labute approximate surface area is 179 Å². The molecule has 31 heavy (non-hydrogen) atoms. The summed E-state index contributed by atoms with van der Waals surface area (Å²) >= 11 is 0. The highest BCUT2D eigenvalue weighted by atomic mass is 16.5. The standard InChI is InChI=1S/C21H25N5O5/c1-31-18-5-3-2-4-16(18)17(12-19(27)23-11-10-20(28)29)26-21(30)25-15-8-6-14(7-9-15)13-24-22/h2-9,13,17H,10-12,22H2,1H3,(H,23,27)(H,28,29)(H2,25,26,30). The van der Waals surface area contributed by atoms with E-state index in [4.69, 9.17) is 15.7 Å². The molecule has 0 fully saturated rings. The normalized spacial score (nSPS) is 11.5. The largest absolute Gasteiger partial charge is 0.496 e. The molecule has 0 bridgehead atoms. The predicted octanol–water partition coefficient (Wildman–Crippen LogP) is 1.83. The minimum Gasteiger partial charge on any atom is -0.496 e. The van der Waals surface area contributed by atoms with E-state index in [9.17, 15) is 14.4 Å². The van der Waals surface area contributed by atoms with Crippen LogP contribution in [0.1, 0.15) is 30.0 Å². The fourth-order valence-electron chi connectivity index (χ4n) is 2.82. The van der Waals surface area contributed by atoms with Gasteiger partial charge in [-0.25, -0.2) is 4.79 Å². The van der Waals surface area contributed by atoms with Crippen molar-refractivity contribution in [2.45, 2.75) is 18.9 Å². The first-order valence-electron chi connectivity index (χ1n) is 9.45. The smallest absolute Gasteiger partial charge is 0.319 e. The third-order valence-electron chi connectivity index (χ3n) is 4.26. The Morgan fingerprint density at radius 1 is 1.16 bits per heavy atom. The van der Waals surface area contributed by atoms with Gasteiger partial charge in [-0.15, -0.1) is 0 Å². The lowest BCUT2D eigenvalue weighted by Crippen LogP contribution is -2.36. The molecule has 10 nitrogen and oxygen atoms in total. The number of ether oxygens (including phenoxy) is 1. The monoisotopic (exact) mass is 427 g/mol. The van der Waals surface area contributed by atoms with Crippen LogP contribution in [0.3, 0.4) is 0 Å². The van der Waals surface area contributed by atoms with Crippen molar-refractivity contribution in [3.63, 3.8) is 0 Å². The van der Waals surface area contributed by atoms with Gasteiger partial charge in [0, 0.05) is 17.8 Å². The summed E-state index contributed by atoms with van der Waals surface area (Å²) in [6.45, 7) is -0.00252. The molecule has 0 heterocycles. The number of anilines is 1. The third kappa shape index (κ3) is 7.69. The summed E-state index contributed by atoms with van der Waals surface area (Å²) in [5.41, 5.74) is 1.93. The van der Waals surface area contributed by atoms with Crippen LogP contribution in [0.15, 0.2) is 53.6 Å². The molecule has 1 atom stereocenters. The van der Waals surface area contributed by atoms with E-state index in [1.807, 2.05) is 0 Å². The molecular weight excluding hydrogens is 402 g/mol. The predicted molar refractivity (Wildman–Crippen MR) is 116 cm³/mol.